The number of esters is 2. The number of ether oxygens (including phenoxy) is 2. The van der Waals surface area contributed by atoms with Crippen LogP contribution in [-0.2, 0) is 19.1 Å². The zero-order valence-electron chi connectivity index (χ0n) is 11.8. The van der Waals surface area contributed by atoms with Crippen LogP contribution in [0, 0.1) is 17.8 Å². The van der Waals surface area contributed by atoms with E-state index in [1.54, 1.807) is 0 Å². The van der Waals surface area contributed by atoms with E-state index < -0.39 is 11.9 Å². The molecule has 1 heterocycles. The minimum atomic E-state index is -0.416. The molecule has 18 heavy (non-hydrogen) atoms. The fraction of sp³-hybridized carbons (Fsp3) is 0.857. The summed E-state index contributed by atoms with van der Waals surface area (Å²) in [4.78, 5) is 23.4. The topological polar surface area (TPSA) is 52.6 Å². The Kier molecular flexibility index (Phi) is 5.79. The highest BCUT2D eigenvalue weighted by molar-refractivity contribution is 5.96. The molecule has 0 aromatic rings. The van der Waals surface area contributed by atoms with Gasteiger partial charge in [-0.1, -0.05) is 34.1 Å². The Bertz CT molecular complexity index is 298. The summed E-state index contributed by atoms with van der Waals surface area (Å²) in [6, 6.07) is 0. The second kappa shape index (κ2) is 6.88. The van der Waals surface area contributed by atoms with Crippen LogP contribution in [-0.4, -0.2) is 24.6 Å². The van der Waals surface area contributed by atoms with Crippen LogP contribution < -0.4 is 0 Å². The molecule has 0 saturated carbocycles. The molecule has 104 valence electrons. The lowest BCUT2D eigenvalue weighted by Crippen LogP contribution is -2.33. The van der Waals surface area contributed by atoms with E-state index in [-0.39, 0.29) is 18.0 Å². The Balaban J connectivity index is 2.76. The van der Waals surface area contributed by atoms with E-state index in [2.05, 4.69) is 20.8 Å². The summed E-state index contributed by atoms with van der Waals surface area (Å²) in [5.74, 6) is -1.13. The van der Waals surface area contributed by atoms with Crippen LogP contribution in [0.4, 0.5) is 0 Å². The molecule has 3 atom stereocenters. The first-order chi connectivity index (χ1) is 8.51. The Morgan fingerprint density at radius 1 is 1.22 bits per heavy atom. The molecule has 3 unspecified atom stereocenters. The van der Waals surface area contributed by atoms with E-state index in [0.717, 1.165) is 12.8 Å². The van der Waals surface area contributed by atoms with Gasteiger partial charge in [-0.05, 0) is 18.8 Å². The molecule has 1 rings (SSSR count). The van der Waals surface area contributed by atoms with Crippen LogP contribution in [0.3, 0.4) is 0 Å². The lowest BCUT2D eigenvalue weighted by molar-refractivity contribution is -0.155. The van der Waals surface area contributed by atoms with Gasteiger partial charge in [0.25, 0.3) is 0 Å². The summed E-state index contributed by atoms with van der Waals surface area (Å²) in [5, 5.41) is 0. The maximum Gasteiger partial charge on any atom is 0.320 e. The average molecular weight is 256 g/mol. The van der Waals surface area contributed by atoms with Crippen molar-refractivity contribution in [1.29, 1.82) is 0 Å². The summed E-state index contributed by atoms with van der Waals surface area (Å²) in [5.41, 5.74) is 0. The van der Waals surface area contributed by atoms with Crippen molar-refractivity contribution >= 4 is 11.9 Å². The SMILES string of the molecule is CCCC(OCC(C)C)C1C(=O)OC(=O)C1CC. The molecule has 0 aromatic heterocycles. The summed E-state index contributed by atoms with van der Waals surface area (Å²) in [6.45, 7) is 8.70. The summed E-state index contributed by atoms with van der Waals surface area (Å²) in [7, 11) is 0. The van der Waals surface area contributed by atoms with Gasteiger partial charge in [0, 0.05) is 6.61 Å². The smallest absolute Gasteiger partial charge is 0.320 e. The number of rotatable bonds is 7. The molecule has 0 spiro atoms. The van der Waals surface area contributed by atoms with Crippen LogP contribution >= 0.6 is 0 Å². The van der Waals surface area contributed by atoms with Crippen molar-refractivity contribution in [1.82, 2.24) is 0 Å². The van der Waals surface area contributed by atoms with E-state index in [1.807, 2.05) is 6.92 Å². The molecule has 4 nitrogen and oxygen atoms in total. The number of cyclic esters (lactones) is 2. The number of carbonyl (C=O) groups is 2. The molecular weight excluding hydrogens is 232 g/mol. The molecule has 4 heteroatoms. The Morgan fingerprint density at radius 3 is 2.39 bits per heavy atom. The van der Waals surface area contributed by atoms with E-state index in [0.29, 0.717) is 18.9 Å². The number of hydrogen-bond donors (Lipinski definition) is 0. The zero-order chi connectivity index (χ0) is 13.7. The molecule has 1 aliphatic heterocycles. The normalized spacial score (nSPS) is 25.6. The first-order valence-corrected chi connectivity index (χ1v) is 6.88. The first kappa shape index (κ1) is 15.2. The first-order valence-electron chi connectivity index (χ1n) is 6.88. The lowest BCUT2D eigenvalue weighted by atomic mass is 9.86. The second-order valence-corrected chi connectivity index (χ2v) is 5.33. The fourth-order valence-corrected chi connectivity index (χ4v) is 2.35. The molecule has 0 radical (unpaired) electrons. The summed E-state index contributed by atoms with van der Waals surface area (Å²) in [6.07, 6.45) is 2.15. The van der Waals surface area contributed by atoms with Gasteiger partial charge >= 0.3 is 11.9 Å². The third kappa shape index (κ3) is 3.55. The Labute approximate surface area is 109 Å². The predicted molar refractivity (Wildman–Crippen MR) is 67.9 cm³/mol. The van der Waals surface area contributed by atoms with Gasteiger partial charge in [-0.25, -0.2) is 0 Å². The molecule has 1 aliphatic rings. The highest BCUT2D eigenvalue weighted by Crippen LogP contribution is 2.32. The van der Waals surface area contributed by atoms with Gasteiger partial charge in [-0.15, -0.1) is 0 Å². The lowest BCUT2D eigenvalue weighted by Gasteiger charge is -2.24. The second-order valence-electron chi connectivity index (χ2n) is 5.33. The van der Waals surface area contributed by atoms with Gasteiger partial charge in [-0.3, -0.25) is 9.59 Å². The molecule has 1 saturated heterocycles. The van der Waals surface area contributed by atoms with E-state index in [1.165, 1.54) is 0 Å². The maximum absolute atomic E-state index is 11.8. The molecule has 1 fully saturated rings. The van der Waals surface area contributed by atoms with Gasteiger partial charge in [0.05, 0.1) is 17.9 Å². The standard InChI is InChI=1S/C14H24O4/c1-5-7-11(17-8-9(3)4)12-10(6-2)13(15)18-14(12)16/h9-12H,5-8H2,1-4H3. The van der Waals surface area contributed by atoms with Gasteiger partial charge in [-0.2, -0.15) is 0 Å². The van der Waals surface area contributed by atoms with Crippen LogP contribution in [0.1, 0.15) is 47.0 Å². The molecular formula is C14H24O4. The van der Waals surface area contributed by atoms with Crippen molar-refractivity contribution in [3.63, 3.8) is 0 Å². The van der Waals surface area contributed by atoms with Crippen LogP contribution in [0.2, 0.25) is 0 Å². The van der Waals surface area contributed by atoms with Gasteiger partial charge < -0.3 is 9.47 Å². The van der Waals surface area contributed by atoms with Gasteiger partial charge in [0.15, 0.2) is 0 Å². The van der Waals surface area contributed by atoms with Crippen molar-refractivity contribution in [2.75, 3.05) is 6.61 Å². The molecule has 0 aliphatic carbocycles. The highest BCUT2D eigenvalue weighted by atomic mass is 16.6. The van der Waals surface area contributed by atoms with Crippen molar-refractivity contribution in [3.05, 3.63) is 0 Å². The number of hydrogen-bond acceptors (Lipinski definition) is 4. The maximum atomic E-state index is 11.8. The van der Waals surface area contributed by atoms with Crippen molar-refractivity contribution in [3.8, 4) is 0 Å². The fourth-order valence-electron chi connectivity index (χ4n) is 2.35. The van der Waals surface area contributed by atoms with Crippen molar-refractivity contribution in [2.24, 2.45) is 17.8 Å². The van der Waals surface area contributed by atoms with Gasteiger partial charge in [0.2, 0.25) is 0 Å². The average Bonchev–Trinajstić information content (AvgIpc) is 2.58. The number of carbonyl (C=O) groups excluding carboxylic acids is 2. The van der Waals surface area contributed by atoms with Crippen molar-refractivity contribution in [2.45, 2.75) is 53.1 Å². The van der Waals surface area contributed by atoms with Crippen LogP contribution in [0.25, 0.3) is 0 Å². The van der Waals surface area contributed by atoms with Crippen LogP contribution in [0.15, 0.2) is 0 Å². The monoisotopic (exact) mass is 256 g/mol. The third-order valence-corrected chi connectivity index (χ3v) is 3.27. The Hall–Kier alpha value is -0.900. The molecule has 0 aromatic carbocycles. The quantitative estimate of drug-likeness (QED) is 0.519. The zero-order valence-corrected chi connectivity index (χ0v) is 11.8. The Morgan fingerprint density at radius 2 is 1.89 bits per heavy atom. The highest BCUT2D eigenvalue weighted by Gasteiger charge is 2.47. The van der Waals surface area contributed by atoms with E-state index in [4.69, 9.17) is 9.47 Å². The predicted octanol–water partition coefficient (Wildman–Crippen LogP) is 2.55. The van der Waals surface area contributed by atoms with Crippen molar-refractivity contribution < 1.29 is 19.1 Å². The summed E-state index contributed by atoms with van der Waals surface area (Å²) >= 11 is 0. The van der Waals surface area contributed by atoms with Gasteiger partial charge in [0.1, 0.15) is 0 Å². The van der Waals surface area contributed by atoms with E-state index >= 15 is 0 Å². The third-order valence-electron chi connectivity index (χ3n) is 3.27. The van der Waals surface area contributed by atoms with Crippen LogP contribution in [0.5, 0.6) is 0 Å². The van der Waals surface area contributed by atoms with E-state index in [9.17, 15) is 9.59 Å². The molecule has 0 N–H and O–H groups in total. The minimum Gasteiger partial charge on any atom is -0.393 e. The minimum absolute atomic E-state index is 0.193. The molecule has 0 bridgehead atoms. The largest absolute Gasteiger partial charge is 0.393 e. The summed E-state index contributed by atoms with van der Waals surface area (Å²) < 4.78 is 10.6. The molecule has 0 amide bonds.